The molecule has 0 fully saturated rings. The van der Waals surface area contributed by atoms with Crippen LogP contribution in [0, 0.1) is 0 Å². The Labute approximate surface area is 80.9 Å². The first-order valence-corrected chi connectivity index (χ1v) is 2.75. The second-order valence-corrected chi connectivity index (χ2v) is 1.91. The molecule has 0 atom stereocenters. The van der Waals surface area contributed by atoms with Crippen molar-refractivity contribution in [2.45, 2.75) is 0 Å². The van der Waals surface area contributed by atoms with Gasteiger partial charge in [-0.2, -0.15) is 0 Å². The summed E-state index contributed by atoms with van der Waals surface area (Å²) < 4.78 is 1.64. The maximum atomic E-state index is 10.3. The van der Waals surface area contributed by atoms with E-state index in [2.05, 4.69) is 4.98 Å². The molecular formula is C6H7IN2O2. The second-order valence-electron chi connectivity index (χ2n) is 1.91. The van der Waals surface area contributed by atoms with Gasteiger partial charge in [0, 0.05) is 0 Å². The fourth-order valence-electron chi connectivity index (χ4n) is 0.598. The molecule has 1 aromatic rings. The monoisotopic (exact) mass is 266 g/mol. The van der Waals surface area contributed by atoms with Crippen LogP contribution in [0.2, 0.25) is 0 Å². The van der Waals surface area contributed by atoms with Gasteiger partial charge in [0.1, 0.15) is 7.05 Å². The quantitative estimate of drug-likeness (QED) is 0.426. The molecule has 1 heterocycles. The molecule has 11 heavy (non-hydrogen) atoms. The number of halogens is 1. The van der Waals surface area contributed by atoms with E-state index < -0.39 is 5.97 Å². The maximum absolute atomic E-state index is 10.3. The van der Waals surface area contributed by atoms with Crippen molar-refractivity contribution in [3.8, 4) is 0 Å². The van der Waals surface area contributed by atoms with Gasteiger partial charge in [-0.25, -0.2) is 14.3 Å². The summed E-state index contributed by atoms with van der Waals surface area (Å²) in [7, 11) is 1.74. The van der Waals surface area contributed by atoms with Crippen LogP contribution >= 0.6 is 0 Å². The van der Waals surface area contributed by atoms with Crippen molar-refractivity contribution in [1.29, 1.82) is 0 Å². The maximum Gasteiger partial charge on any atom is 0.360 e. The van der Waals surface area contributed by atoms with Gasteiger partial charge in [-0.05, 0) is 0 Å². The first-order chi connectivity index (χ1) is 4.70. The zero-order chi connectivity index (χ0) is 7.56. The van der Waals surface area contributed by atoms with Crippen LogP contribution in [0.4, 0.5) is 0 Å². The van der Waals surface area contributed by atoms with Gasteiger partial charge in [0.25, 0.3) is 0 Å². The number of aryl methyl sites for hydroxylation is 1. The van der Waals surface area contributed by atoms with Crippen molar-refractivity contribution in [2.24, 2.45) is 7.05 Å². The molecule has 4 nitrogen and oxygen atoms in total. The minimum atomic E-state index is -1.00. The minimum Gasteiger partial charge on any atom is -1.00 e. The predicted molar refractivity (Wildman–Crippen MR) is 32.4 cm³/mol. The fraction of sp³-hybridized carbons (Fsp3) is 0.167. The number of aromatic carboxylic acids is 1. The Hall–Kier alpha value is -0.720. The molecule has 0 saturated carbocycles. The van der Waals surface area contributed by atoms with E-state index >= 15 is 0 Å². The van der Waals surface area contributed by atoms with Crippen LogP contribution in [0.5, 0.6) is 0 Å². The molecule has 5 heteroatoms. The first kappa shape index (κ1) is 10.3. The van der Waals surface area contributed by atoms with Gasteiger partial charge < -0.3 is 29.1 Å². The van der Waals surface area contributed by atoms with E-state index in [9.17, 15) is 4.79 Å². The van der Waals surface area contributed by atoms with E-state index in [4.69, 9.17) is 5.11 Å². The van der Waals surface area contributed by atoms with Crippen molar-refractivity contribution in [1.82, 2.24) is 4.98 Å². The number of hydrogen-bond donors (Lipinski definition) is 1. The van der Waals surface area contributed by atoms with Crippen LogP contribution in [0.1, 0.15) is 10.5 Å². The van der Waals surface area contributed by atoms with Gasteiger partial charge in [0.05, 0.1) is 6.20 Å². The lowest BCUT2D eigenvalue weighted by molar-refractivity contribution is -0.672. The van der Waals surface area contributed by atoms with Gasteiger partial charge in [-0.15, -0.1) is 0 Å². The summed E-state index contributed by atoms with van der Waals surface area (Å²) in [6.07, 6.45) is 4.57. The zero-order valence-electron chi connectivity index (χ0n) is 5.86. The average molecular weight is 266 g/mol. The number of carboxylic acids is 1. The molecule has 0 saturated heterocycles. The summed E-state index contributed by atoms with van der Waals surface area (Å²) >= 11 is 0. The molecule has 0 aliphatic heterocycles. The Bertz CT molecular complexity index is 265. The highest BCUT2D eigenvalue weighted by Gasteiger charge is 2.06. The molecule has 0 unspecified atom stereocenters. The number of nitrogens with zero attached hydrogens (tertiary/aromatic N) is 2. The molecule has 60 valence electrons. The largest absolute Gasteiger partial charge is 1.00 e. The Kier molecular flexibility index (Phi) is 3.94. The van der Waals surface area contributed by atoms with Crippen LogP contribution in [0.15, 0.2) is 18.6 Å². The van der Waals surface area contributed by atoms with E-state index in [1.165, 1.54) is 12.4 Å². The van der Waals surface area contributed by atoms with Gasteiger partial charge in [0.15, 0.2) is 6.20 Å². The molecule has 0 bridgehead atoms. The molecule has 0 amide bonds. The first-order valence-electron chi connectivity index (χ1n) is 2.75. The third-order valence-electron chi connectivity index (χ3n) is 1.06. The van der Waals surface area contributed by atoms with Crippen LogP contribution in [0.25, 0.3) is 0 Å². The van der Waals surface area contributed by atoms with E-state index in [1.54, 1.807) is 17.8 Å². The molecule has 1 rings (SSSR count). The van der Waals surface area contributed by atoms with E-state index in [0.717, 1.165) is 0 Å². The normalized spacial score (nSPS) is 8.45. The standard InChI is InChI=1S/C6H6N2O2.HI/c1-8-3-2-7-5(4-8)6(9)10;/h2-4H,1H3;1H. The number of hydrogen-bond acceptors (Lipinski definition) is 2. The molecule has 0 radical (unpaired) electrons. The SMILES string of the molecule is C[n+]1ccnc(C(=O)O)c1.[I-]. The van der Waals surface area contributed by atoms with Crippen molar-refractivity contribution in [3.05, 3.63) is 24.3 Å². The Balaban J connectivity index is 0.000001000. The van der Waals surface area contributed by atoms with Crippen LogP contribution in [-0.4, -0.2) is 16.1 Å². The average Bonchev–Trinajstić information content (AvgIpc) is 1.88. The molecule has 0 aliphatic rings. The summed E-state index contributed by atoms with van der Waals surface area (Å²) in [4.78, 5) is 13.9. The predicted octanol–water partition coefficient (Wildman–Crippen LogP) is -3.39. The van der Waals surface area contributed by atoms with Crippen LogP contribution in [0.3, 0.4) is 0 Å². The molecule has 0 spiro atoms. The fourth-order valence-corrected chi connectivity index (χ4v) is 0.598. The van der Waals surface area contributed by atoms with Crippen molar-refractivity contribution in [2.75, 3.05) is 0 Å². The summed E-state index contributed by atoms with van der Waals surface area (Å²) in [6, 6.07) is 0. The zero-order valence-corrected chi connectivity index (χ0v) is 8.02. The third kappa shape index (κ3) is 2.79. The van der Waals surface area contributed by atoms with Crippen molar-refractivity contribution in [3.63, 3.8) is 0 Å². The topological polar surface area (TPSA) is 54.1 Å². The number of carbonyl (C=O) groups is 1. The lowest BCUT2D eigenvalue weighted by atomic mass is 10.4. The third-order valence-corrected chi connectivity index (χ3v) is 1.06. The molecule has 1 aromatic heterocycles. The molecular weight excluding hydrogens is 259 g/mol. The summed E-state index contributed by atoms with van der Waals surface area (Å²) in [5.74, 6) is -1.00. The van der Waals surface area contributed by atoms with E-state index in [0.29, 0.717) is 0 Å². The summed E-state index contributed by atoms with van der Waals surface area (Å²) in [5, 5.41) is 8.43. The summed E-state index contributed by atoms with van der Waals surface area (Å²) in [6.45, 7) is 0. The number of aromatic nitrogens is 2. The Morgan fingerprint density at radius 3 is 2.73 bits per heavy atom. The molecule has 1 N–H and O–H groups in total. The van der Waals surface area contributed by atoms with Crippen LogP contribution in [-0.2, 0) is 7.05 Å². The van der Waals surface area contributed by atoms with Gasteiger partial charge in [-0.1, -0.05) is 0 Å². The highest BCUT2D eigenvalue weighted by Crippen LogP contribution is 1.85. The number of rotatable bonds is 1. The van der Waals surface area contributed by atoms with Gasteiger partial charge >= 0.3 is 5.97 Å². The summed E-state index contributed by atoms with van der Waals surface area (Å²) in [5.41, 5.74) is 0.0602. The smallest absolute Gasteiger partial charge is 0.360 e. The Morgan fingerprint density at radius 1 is 1.73 bits per heavy atom. The minimum absolute atomic E-state index is 0. The lowest BCUT2D eigenvalue weighted by Crippen LogP contribution is -3.00. The van der Waals surface area contributed by atoms with Gasteiger partial charge in [0.2, 0.25) is 11.9 Å². The van der Waals surface area contributed by atoms with Crippen molar-refractivity contribution >= 4 is 5.97 Å². The number of carboxylic acid groups (broad SMARTS) is 1. The highest BCUT2D eigenvalue weighted by atomic mass is 127. The Morgan fingerprint density at radius 2 is 2.36 bits per heavy atom. The van der Waals surface area contributed by atoms with E-state index in [1.807, 2.05) is 0 Å². The second kappa shape index (κ2) is 4.22. The van der Waals surface area contributed by atoms with Crippen molar-refractivity contribution < 1.29 is 38.4 Å². The van der Waals surface area contributed by atoms with E-state index in [-0.39, 0.29) is 29.7 Å². The highest BCUT2D eigenvalue weighted by molar-refractivity contribution is 5.84. The van der Waals surface area contributed by atoms with Crippen LogP contribution < -0.4 is 28.5 Å². The molecule has 0 aromatic carbocycles. The lowest BCUT2D eigenvalue weighted by Gasteiger charge is -1.88. The molecule has 0 aliphatic carbocycles. The van der Waals surface area contributed by atoms with Gasteiger partial charge in [-0.3, -0.25) is 0 Å².